The topological polar surface area (TPSA) is 146 Å². The van der Waals surface area contributed by atoms with Crippen molar-refractivity contribution in [2.75, 3.05) is 7.05 Å². The molecule has 0 saturated carbocycles. The summed E-state index contributed by atoms with van der Waals surface area (Å²) in [6.07, 6.45) is 0.658. The van der Waals surface area contributed by atoms with Crippen LogP contribution >= 0.6 is 0 Å². The van der Waals surface area contributed by atoms with Crippen LogP contribution < -0.4 is 15.8 Å². The molecule has 0 bridgehead atoms. The zero-order valence-electron chi connectivity index (χ0n) is 17.7. The Morgan fingerprint density at radius 2 is 2.16 bits per heavy atom. The lowest BCUT2D eigenvalue weighted by Crippen LogP contribution is -2.38. The summed E-state index contributed by atoms with van der Waals surface area (Å²) in [7, 11) is 1.52. The lowest BCUT2D eigenvalue weighted by atomic mass is 10.0. The molecule has 1 aromatic carbocycles. The first kappa shape index (κ1) is 21.1. The molecule has 3 heterocycles. The Balaban J connectivity index is 1.77. The van der Waals surface area contributed by atoms with Crippen LogP contribution in [0.3, 0.4) is 0 Å². The van der Waals surface area contributed by atoms with Gasteiger partial charge in [-0.15, -0.1) is 0 Å². The van der Waals surface area contributed by atoms with Crippen molar-refractivity contribution in [3.8, 4) is 29.0 Å². The number of aryl methyl sites for hydroxylation is 1. The molecule has 1 aliphatic heterocycles. The Hall–Kier alpha value is -4.10. The molecule has 164 valence electrons. The number of nitrogens with zero attached hydrogens (tertiary/aromatic N) is 3. The molecule has 4 N–H and O–H groups in total. The van der Waals surface area contributed by atoms with Gasteiger partial charge in [-0.1, -0.05) is 17.0 Å². The van der Waals surface area contributed by atoms with E-state index in [1.165, 1.54) is 20.2 Å². The predicted molar refractivity (Wildman–Crippen MR) is 112 cm³/mol. The van der Waals surface area contributed by atoms with Crippen molar-refractivity contribution in [3.05, 3.63) is 53.2 Å². The van der Waals surface area contributed by atoms with Crippen molar-refractivity contribution in [1.29, 1.82) is 0 Å². The first-order valence-corrected chi connectivity index (χ1v) is 9.77. The fourth-order valence-corrected chi connectivity index (χ4v) is 3.29. The molecule has 1 aliphatic rings. The monoisotopic (exact) mass is 435 g/mol. The first-order chi connectivity index (χ1) is 15.2. The molecule has 0 fully saturated rings. The summed E-state index contributed by atoms with van der Waals surface area (Å²) in [5, 5.41) is 17.0. The van der Waals surface area contributed by atoms with Gasteiger partial charge in [0.15, 0.2) is 11.7 Å². The standard InChI is InChI=1S/C22H21N5O5/c1-12-8-18(26-32-12)22(2,30)7-6-13-4-5-16-14(9-13)20-25-15(19(23)28)10-27(20)11-17(31-16)21(29)24-3/h4-5,8-10,17,30H,11H2,1-3H3,(H2,23,28)(H,24,29)/t17?,22-/m1/s1. The van der Waals surface area contributed by atoms with Gasteiger partial charge in [-0.05, 0) is 32.0 Å². The molecule has 2 aromatic heterocycles. The van der Waals surface area contributed by atoms with E-state index in [1.807, 2.05) is 0 Å². The Morgan fingerprint density at radius 1 is 1.38 bits per heavy atom. The molecule has 0 radical (unpaired) electrons. The van der Waals surface area contributed by atoms with Crippen molar-refractivity contribution in [2.24, 2.45) is 5.73 Å². The number of hydrogen-bond donors (Lipinski definition) is 3. The van der Waals surface area contributed by atoms with Gasteiger partial charge in [0.05, 0.1) is 12.1 Å². The minimum Gasteiger partial charge on any atom is -0.478 e. The van der Waals surface area contributed by atoms with E-state index in [-0.39, 0.29) is 18.1 Å². The number of hydrogen-bond acceptors (Lipinski definition) is 7. The van der Waals surface area contributed by atoms with E-state index < -0.39 is 17.6 Å². The van der Waals surface area contributed by atoms with Crippen LogP contribution in [0.15, 0.2) is 35.0 Å². The van der Waals surface area contributed by atoms with Crippen LogP contribution in [0.2, 0.25) is 0 Å². The lowest BCUT2D eigenvalue weighted by molar-refractivity contribution is -0.127. The second kappa shape index (κ2) is 7.86. The van der Waals surface area contributed by atoms with Crippen LogP contribution in [0.25, 0.3) is 11.4 Å². The van der Waals surface area contributed by atoms with Gasteiger partial charge in [0.2, 0.25) is 0 Å². The van der Waals surface area contributed by atoms with Crippen molar-refractivity contribution >= 4 is 11.8 Å². The molecular weight excluding hydrogens is 414 g/mol. The molecule has 2 amide bonds. The normalized spacial score (nSPS) is 16.3. The molecule has 32 heavy (non-hydrogen) atoms. The number of fused-ring (bicyclic) bond motifs is 3. The number of nitrogens with two attached hydrogens (primary N) is 1. The van der Waals surface area contributed by atoms with E-state index in [2.05, 4.69) is 27.3 Å². The van der Waals surface area contributed by atoms with E-state index in [1.54, 1.807) is 35.8 Å². The number of nitrogens with one attached hydrogen (secondary N) is 1. The number of carbonyl (C=O) groups is 2. The first-order valence-electron chi connectivity index (χ1n) is 9.77. The maximum absolute atomic E-state index is 12.3. The highest BCUT2D eigenvalue weighted by Crippen LogP contribution is 2.34. The van der Waals surface area contributed by atoms with Gasteiger partial charge < -0.3 is 30.0 Å². The molecule has 0 aliphatic carbocycles. The molecule has 1 unspecified atom stereocenters. The summed E-state index contributed by atoms with van der Waals surface area (Å²) in [5.41, 5.74) is 5.34. The zero-order chi connectivity index (χ0) is 23.0. The Kier molecular flexibility index (Phi) is 5.20. The van der Waals surface area contributed by atoms with Crippen LogP contribution in [0, 0.1) is 18.8 Å². The van der Waals surface area contributed by atoms with Crippen molar-refractivity contribution < 1.29 is 24.0 Å². The SMILES string of the molecule is CNC(=O)C1Cn2cc(C(N)=O)nc2-c2cc(C#C[C@@](C)(O)c3cc(C)on3)ccc2O1. The van der Waals surface area contributed by atoms with Crippen molar-refractivity contribution in [3.63, 3.8) is 0 Å². The van der Waals surface area contributed by atoms with Gasteiger partial charge >= 0.3 is 0 Å². The summed E-state index contributed by atoms with van der Waals surface area (Å²) >= 11 is 0. The second-order valence-electron chi connectivity index (χ2n) is 7.54. The van der Waals surface area contributed by atoms with Crippen molar-refractivity contribution in [2.45, 2.75) is 32.1 Å². The third kappa shape index (κ3) is 3.93. The molecule has 10 heteroatoms. The summed E-state index contributed by atoms with van der Waals surface area (Å²) < 4.78 is 12.6. The van der Waals surface area contributed by atoms with Gasteiger partial charge in [-0.3, -0.25) is 9.59 Å². The molecule has 10 nitrogen and oxygen atoms in total. The average molecular weight is 435 g/mol. The quantitative estimate of drug-likeness (QED) is 0.514. The van der Waals surface area contributed by atoms with E-state index in [9.17, 15) is 14.7 Å². The van der Waals surface area contributed by atoms with Gasteiger partial charge in [0.25, 0.3) is 11.8 Å². The highest BCUT2D eigenvalue weighted by Gasteiger charge is 2.29. The number of benzene rings is 1. The number of primary amides is 1. The Bertz CT molecular complexity index is 1280. The van der Waals surface area contributed by atoms with Crippen molar-refractivity contribution in [1.82, 2.24) is 20.0 Å². The molecule has 3 aromatic rings. The van der Waals surface area contributed by atoms with Gasteiger partial charge in [-0.2, -0.15) is 0 Å². The number of carbonyl (C=O) groups excluding carboxylic acids is 2. The number of aromatic nitrogens is 3. The number of amides is 2. The number of imidazole rings is 1. The fraction of sp³-hybridized carbons (Fsp3) is 0.273. The molecule has 0 spiro atoms. The van der Waals surface area contributed by atoms with Crippen LogP contribution in [-0.2, 0) is 16.9 Å². The fourth-order valence-electron chi connectivity index (χ4n) is 3.29. The molecular formula is C22H21N5O5. The maximum Gasteiger partial charge on any atom is 0.268 e. The van der Waals surface area contributed by atoms with Crippen LogP contribution in [-0.4, -0.2) is 44.8 Å². The predicted octanol–water partition coefficient (Wildman–Crippen LogP) is 0.712. The number of rotatable bonds is 3. The lowest BCUT2D eigenvalue weighted by Gasteiger charge is -2.16. The van der Waals surface area contributed by atoms with E-state index in [0.717, 1.165) is 0 Å². The highest BCUT2D eigenvalue weighted by atomic mass is 16.5. The highest BCUT2D eigenvalue weighted by molar-refractivity contribution is 5.91. The Labute approximate surface area is 183 Å². The zero-order valence-corrected chi connectivity index (χ0v) is 17.7. The molecule has 2 atom stereocenters. The largest absolute Gasteiger partial charge is 0.478 e. The Morgan fingerprint density at radius 3 is 2.81 bits per heavy atom. The minimum atomic E-state index is -1.52. The van der Waals surface area contributed by atoms with Crippen LogP contribution in [0.5, 0.6) is 5.75 Å². The van der Waals surface area contributed by atoms with Crippen LogP contribution in [0.4, 0.5) is 0 Å². The average Bonchev–Trinajstić information content (AvgIpc) is 3.35. The van der Waals surface area contributed by atoms with Gasteiger partial charge in [-0.25, -0.2) is 4.98 Å². The summed E-state index contributed by atoms with van der Waals surface area (Å²) in [6.45, 7) is 3.38. The smallest absolute Gasteiger partial charge is 0.268 e. The van der Waals surface area contributed by atoms with E-state index >= 15 is 0 Å². The molecule has 4 rings (SSSR count). The summed E-state index contributed by atoms with van der Waals surface area (Å²) in [4.78, 5) is 28.3. The number of ether oxygens (including phenoxy) is 1. The van der Waals surface area contributed by atoms with E-state index in [4.69, 9.17) is 15.0 Å². The summed E-state index contributed by atoms with van der Waals surface area (Å²) in [6, 6.07) is 6.69. The minimum absolute atomic E-state index is 0.0735. The van der Waals surface area contributed by atoms with Gasteiger partial charge in [0, 0.05) is 24.9 Å². The maximum atomic E-state index is 12.3. The third-order valence-corrected chi connectivity index (χ3v) is 5.00. The van der Waals surface area contributed by atoms with Crippen LogP contribution in [0.1, 0.15) is 34.4 Å². The number of likely N-dealkylation sites (N-methyl/N-ethyl adjacent to an activating group) is 1. The third-order valence-electron chi connectivity index (χ3n) is 5.00. The van der Waals surface area contributed by atoms with Gasteiger partial charge in [0.1, 0.15) is 28.7 Å². The molecule has 0 saturated heterocycles. The number of aliphatic hydroxyl groups is 1. The second-order valence-corrected chi connectivity index (χ2v) is 7.54. The van der Waals surface area contributed by atoms with E-state index in [0.29, 0.717) is 34.2 Å². The summed E-state index contributed by atoms with van der Waals surface area (Å²) in [5.74, 6) is 6.10.